The molecule has 0 heterocycles. The van der Waals surface area contributed by atoms with Gasteiger partial charge in [-0.25, -0.2) is 4.79 Å². The fourth-order valence-corrected chi connectivity index (χ4v) is 2.39. The molecule has 0 spiro atoms. The quantitative estimate of drug-likeness (QED) is 0.738. The molecule has 0 aliphatic heterocycles. The van der Waals surface area contributed by atoms with Gasteiger partial charge in [0.25, 0.3) is 0 Å². The molecule has 2 aliphatic carbocycles. The summed E-state index contributed by atoms with van der Waals surface area (Å²) in [7, 11) is 0. The van der Waals surface area contributed by atoms with Crippen molar-refractivity contribution in [3.8, 4) is 0 Å². The van der Waals surface area contributed by atoms with Crippen molar-refractivity contribution in [2.24, 2.45) is 0 Å². The van der Waals surface area contributed by atoms with E-state index in [4.69, 9.17) is 15.0 Å². The van der Waals surface area contributed by atoms with Crippen LogP contribution in [0.25, 0.3) is 12.2 Å². The Morgan fingerprint density at radius 3 is 1.45 bits per heavy atom. The second-order valence-corrected chi connectivity index (χ2v) is 4.89. The average Bonchev–Trinajstić information content (AvgIpc) is 3.16. The molecule has 0 unspecified atom stereocenters. The number of fused-ring (bicyclic) bond motifs is 2. The van der Waals surface area contributed by atoms with Crippen molar-refractivity contribution in [3.63, 3.8) is 0 Å². The van der Waals surface area contributed by atoms with Gasteiger partial charge in [-0.1, -0.05) is 72.8 Å². The van der Waals surface area contributed by atoms with Crippen LogP contribution in [-0.4, -0.2) is 16.4 Å². The van der Waals surface area contributed by atoms with Gasteiger partial charge >= 0.3 is 6.16 Å². The normalized spacial score (nSPS) is 12.4. The van der Waals surface area contributed by atoms with E-state index in [1.165, 1.54) is 22.3 Å². The highest BCUT2D eigenvalue weighted by molar-refractivity contribution is 5.60. The van der Waals surface area contributed by atoms with Gasteiger partial charge in [0.15, 0.2) is 0 Å². The molecule has 2 N–H and O–H groups in total. The molecule has 2 aromatic carbocycles. The second-order valence-electron chi connectivity index (χ2n) is 4.89. The Balaban J connectivity index is 0.000000131. The van der Waals surface area contributed by atoms with E-state index >= 15 is 0 Å². The topological polar surface area (TPSA) is 57.5 Å². The van der Waals surface area contributed by atoms with Gasteiger partial charge in [-0.15, -0.1) is 0 Å². The maximum atomic E-state index is 8.56. The molecule has 0 saturated carbocycles. The molecule has 2 aliphatic rings. The molecule has 2 aromatic rings. The zero-order valence-electron chi connectivity index (χ0n) is 12.1. The van der Waals surface area contributed by atoms with E-state index < -0.39 is 6.16 Å². The molecular formula is C19H18O3. The van der Waals surface area contributed by atoms with E-state index in [9.17, 15) is 0 Å². The van der Waals surface area contributed by atoms with E-state index in [1.54, 1.807) is 0 Å². The summed E-state index contributed by atoms with van der Waals surface area (Å²) in [5.41, 5.74) is 5.69. The largest absolute Gasteiger partial charge is 0.503 e. The summed E-state index contributed by atoms with van der Waals surface area (Å²) in [5, 5.41) is 13.9. The van der Waals surface area contributed by atoms with Crippen molar-refractivity contribution < 1.29 is 15.0 Å². The molecule has 4 rings (SSSR count). The minimum Gasteiger partial charge on any atom is -0.450 e. The summed E-state index contributed by atoms with van der Waals surface area (Å²) < 4.78 is 0. The highest BCUT2D eigenvalue weighted by Crippen LogP contribution is 2.18. The minimum absolute atomic E-state index is 1.12. The first-order valence-corrected chi connectivity index (χ1v) is 7.07. The van der Waals surface area contributed by atoms with Crippen LogP contribution in [0.1, 0.15) is 22.3 Å². The molecule has 0 fully saturated rings. The minimum atomic E-state index is -1.83. The summed E-state index contributed by atoms with van der Waals surface area (Å²) in [6.07, 6.45) is 9.16. The van der Waals surface area contributed by atoms with Crippen LogP contribution in [-0.2, 0) is 12.8 Å². The molecule has 3 nitrogen and oxygen atoms in total. The van der Waals surface area contributed by atoms with Crippen molar-refractivity contribution in [3.05, 3.63) is 82.9 Å². The molecular weight excluding hydrogens is 276 g/mol. The maximum absolute atomic E-state index is 8.56. The van der Waals surface area contributed by atoms with Gasteiger partial charge in [-0.3, -0.25) is 0 Å². The molecule has 0 aromatic heterocycles. The highest BCUT2D eigenvalue weighted by Gasteiger charge is 2.00. The van der Waals surface area contributed by atoms with Gasteiger partial charge < -0.3 is 10.2 Å². The Bertz CT molecular complexity index is 640. The number of rotatable bonds is 0. The van der Waals surface area contributed by atoms with Crippen LogP contribution < -0.4 is 0 Å². The van der Waals surface area contributed by atoms with Crippen LogP contribution in [0.5, 0.6) is 0 Å². The van der Waals surface area contributed by atoms with E-state index in [1.807, 2.05) is 0 Å². The summed E-state index contributed by atoms with van der Waals surface area (Å²) in [6.45, 7) is 0. The summed E-state index contributed by atoms with van der Waals surface area (Å²) in [5.74, 6) is 0. The Labute approximate surface area is 129 Å². The number of hydrogen-bond acceptors (Lipinski definition) is 1. The van der Waals surface area contributed by atoms with Gasteiger partial charge in [0.05, 0.1) is 0 Å². The Morgan fingerprint density at radius 1 is 0.727 bits per heavy atom. The molecule has 0 bridgehead atoms. The number of carboxylic acid groups (broad SMARTS) is 2. The lowest BCUT2D eigenvalue weighted by Crippen LogP contribution is -1.81. The smallest absolute Gasteiger partial charge is 0.450 e. The van der Waals surface area contributed by atoms with Crippen LogP contribution in [0.15, 0.2) is 60.7 Å². The monoisotopic (exact) mass is 294 g/mol. The van der Waals surface area contributed by atoms with Gasteiger partial charge in [-0.2, -0.15) is 0 Å². The van der Waals surface area contributed by atoms with Crippen molar-refractivity contribution >= 4 is 18.3 Å². The van der Waals surface area contributed by atoms with Crippen molar-refractivity contribution in [2.75, 3.05) is 0 Å². The summed E-state index contributed by atoms with van der Waals surface area (Å²) >= 11 is 0. The lowest BCUT2D eigenvalue weighted by Gasteiger charge is -1.93. The SMILES string of the molecule is C1=Cc2ccccc2C1.C1=Cc2ccccc2C1.O=C(O)O. The Kier molecular flexibility index (Phi) is 5.55. The molecule has 0 atom stereocenters. The van der Waals surface area contributed by atoms with Gasteiger partial charge in [-0.05, 0) is 35.1 Å². The summed E-state index contributed by atoms with van der Waals surface area (Å²) in [6, 6.07) is 17.0. The second kappa shape index (κ2) is 7.84. The van der Waals surface area contributed by atoms with E-state index in [-0.39, 0.29) is 0 Å². The third-order valence-corrected chi connectivity index (χ3v) is 3.38. The van der Waals surface area contributed by atoms with Crippen molar-refractivity contribution in [1.82, 2.24) is 0 Å². The molecule has 0 saturated heterocycles. The fourth-order valence-electron chi connectivity index (χ4n) is 2.39. The van der Waals surface area contributed by atoms with Crippen LogP contribution in [0, 0.1) is 0 Å². The lowest BCUT2D eigenvalue weighted by molar-refractivity contribution is 0.137. The maximum Gasteiger partial charge on any atom is 0.503 e. The number of hydrogen-bond donors (Lipinski definition) is 2. The van der Waals surface area contributed by atoms with Gasteiger partial charge in [0.1, 0.15) is 0 Å². The lowest BCUT2D eigenvalue weighted by atomic mass is 10.1. The fraction of sp³-hybridized carbons (Fsp3) is 0.105. The van der Waals surface area contributed by atoms with E-state index in [0.29, 0.717) is 0 Å². The first-order valence-electron chi connectivity index (χ1n) is 7.07. The van der Waals surface area contributed by atoms with Gasteiger partial charge in [0.2, 0.25) is 0 Å². The average molecular weight is 294 g/mol. The zero-order chi connectivity index (χ0) is 15.8. The standard InChI is InChI=1S/2C9H8.CH2O3/c2*1-2-5-9-7-3-6-8(9)4-1;2-1(3)4/h2*1-6H,7H2;(H2,2,3,4). The number of carbonyl (C=O) groups is 1. The molecule has 112 valence electrons. The predicted molar refractivity (Wildman–Crippen MR) is 89.0 cm³/mol. The molecule has 22 heavy (non-hydrogen) atoms. The van der Waals surface area contributed by atoms with Gasteiger partial charge in [0, 0.05) is 0 Å². The molecule has 3 heteroatoms. The summed E-state index contributed by atoms with van der Waals surface area (Å²) in [4.78, 5) is 8.56. The van der Waals surface area contributed by atoms with Crippen LogP contribution >= 0.6 is 0 Å². The first-order chi connectivity index (χ1) is 10.7. The Hall–Kier alpha value is -2.81. The predicted octanol–water partition coefficient (Wildman–Crippen LogP) is 4.73. The van der Waals surface area contributed by atoms with Crippen molar-refractivity contribution in [2.45, 2.75) is 12.8 Å². The van der Waals surface area contributed by atoms with E-state index in [2.05, 4.69) is 72.8 Å². The first kappa shape index (κ1) is 15.6. The van der Waals surface area contributed by atoms with Crippen LogP contribution in [0.4, 0.5) is 4.79 Å². The van der Waals surface area contributed by atoms with Crippen LogP contribution in [0.2, 0.25) is 0 Å². The third kappa shape index (κ3) is 4.63. The third-order valence-electron chi connectivity index (χ3n) is 3.38. The number of benzene rings is 2. The molecule has 0 amide bonds. The highest BCUT2D eigenvalue weighted by atomic mass is 16.6. The Morgan fingerprint density at radius 2 is 1.09 bits per heavy atom. The number of allylic oxidation sites excluding steroid dienone is 2. The zero-order valence-corrected chi connectivity index (χ0v) is 12.1. The van der Waals surface area contributed by atoms with Crippen molar-refractivity contribution in [1.29, 1.82) is 0 Å². The van der Waals surface area contributed by atoms with E-state index in [0.717, 1.165) is 12.8 Å². The molecule has 0 radical (unpaired) electrons. The van der Waals surface area contributed by atoms with Crippen LogP contribution in [0.3, 0.4) is 0 Å².